The van der Waals surface area contributed by atoms with E-state index >= 15 is 0 Å². The maximum Gasteiger partial charge on any atom is 0.127 e. The van der Waals surface area contributed by atoms with E-state index in [2.05, 4.69) is 10.3 Å². The number of anilines is 1. The Bertz CT molecular complexity index is 448. The van der Waals surface area contributed by atoms with Gasteiger partial charge in [-0.15, -0.1) is 0 Å². The minimum Gasteiger partial charge on any atom is -0.392 e. The maximum absolute atomic E-state index is 8.91. The number of aliphatic hydroxyl groups excluding tert-OH is 1. The monoisotopic (exact) mass is 217 g/mol. The first-order valence-corrected chi connectivity index (χ1v) is 5.19. The van der Waals surface area contributed by atoms with Crippen LogP contribution in [-0.4, -0.2) is 14.7 Å². The molecule has 2 aromatic rings. The van der Waals surface area contributed by atoms with Crippen molar-refractivity contribution in [1.29, 1.82) is 0 Å². The van der Waals surface area contributed by atoms with Gasteiger partial charge in [-0.25, -0.2) is 4.98 Å². The smallest absolute Gasteiger partial charge is 0.127 e. The Balaban J connectivity index is 1.97. The largest absolute Gasteiger partial charge is 0.392 e. The number of aryl methyl sites for hydroxylation is 1. The third-order valence-corrected chi connectivity index (χ3v) is 2.51. The number of aromatic nitrogens is 2. The van der Waals surface area contributed by atoms with Gasteiger partial charge in [-0.2, -0.15) is 0 Å². The second kappa shape index (κ2) is 4.81. The number of aliphatic hydroxyl groups is 1. The van der Waals surface area contributed by atoms with E-state index < -0.39 is 0 Å². The van der Waals surface area contributed by atoms with Crippen LogP contribution < -0.4 is 5.32 Å². The van der Waals surface area contributed by atoms with E-state index in [0.29, 0.717) is 6.54 Å². The highest BCUT2D eigenvalue weighted by Gasteiger charge is 1.98. The molecular formula is C12H15N3O. The number of nitrogens with zero attached hydrogens (tertiary/aromatic N) is 2. The quantitative estimate of drug-likeness (QED) is 0.816. The van der Waals surface area contributed by atoms with Crippen LogP contribution in [0.25, 0.3) is 0 Å². The third kappa shape index (κ3) is 2.41. The highest BCUT2D eigenvalue weighted by Crippen LogP contribution is 2.10. The molecule has 0 unspecified atom stereocenters. The molecule has 0 aliphatic heterocycles. The van der Waals surface area contributed by atoms with E-state index in [1.54, 1.807) is 6.20 Å². The minimum absolute atomic E-state index is 0.0830. The summed E-state index contributed by atoms with van der Waals surface area (Å²) >= 11 is 0. The van der Waals surface area contributed by atoms with Crippen molar-refractivity contribution in [2.45, 2.75) is 13.2 Å². The molecule has 0 aliphatic carbocycles. The number of benzene rings is 1. The molecule has 0 spiro atoms. The van der Waals surface area contributed by atoms with Crippen LogP contribution in [0.4, 0.5) is 5.69 Å². The van der Waals surface area contributed by atoms with Crippen LogP contribution in [0, 0.1) is 0 Å². The number of hydrogen-bond donors (Lipinski definition) is 2. The van der Waals surface area contributed by atoms with Gasteiger partial charge in [0.2, 0.25) is 0 Å². The average Bonchev–Trinajstić information content (AvgIpc) is 2.73. The van der Waals surface area contributed by atoms with Crippen LogP contribution in [-0.2, 0) is 20.2 Å². The van der Waals surface area contributed by atoms with Gasteiger partial charge in [0, 0.05) is 25.1 Å². The van der Waals surface area contributed by atoms with Crippen LogP contribution in [0.1, 0.15) is 11.4 Å². The summed E-state index contributed by atoms with van der Waals surface area (Å²) < 4.78 is 1.98. The number of nitrogens with one attached hydrogen (secondary N) is 1. The van der Waals surface area contributed by atoms with Crippen LogP contribution in [0.15, 0.2) is 36.7 Å². The van der Waals surface area contributed by atoms with E-state index in [-0.39, 0.29) is 6.61 Å². The van der Waals surface area contributed by atoms with Crippen molar-refractivity contribution in [2.75, 3.05) is 5.32 Å². The zero-order valence-electron chi connectivity index (χ0n) is 9.22. The van der Waals surface area contributed by atoms with E-state index in [1.165, 1.54) is 0 Å². The summed E-state index contributed by atoms with van der Waals surface area (Å²) in [6, 6.07) is 7.71. The molecule has 4 nitrogen and oxygen atoms in total. The Hall–Kier alpha value is -1.81. The van der Waals surface area contributed by atoms with Gasteiger partial charge in [0.15, 0.2) is 0 Å². The molecule has 0 bridgehead atoms. The minimum atomic E-state index is 0.0830. The molecule has 0 amide bonds. The van der Waals surface area contributed by atoms with Gasteiger partial charge in [-0.3, -0.25) is 0 Å². The third-order valence-electron chi connectivity index (χ3n) is 2.51. The first-order valence-electron chi connectivity index (χ1n) is 5.19. The second-order valence-corrected chi connectivity index (χ2v) is 3.66. The molecule has 1 aromatic carbocycles. The summed E-state index contributed by atoms with van der Waals surface area (Å²) in [7, 11) is 1.97. The summed E-state index contributed by atoms with van der Waals surface area (Å²) in [5.41, 5.74) is 1.95. The van der Waals surface area contributed by atoms with Gasteiger partial charge in [0.25, 0.3) is 0 Å². The first-order chi connectivity index (χ1) is 7.79. The molecule has 16 heavy (non-hydrogen) atoms. The normalized spacial score (nSPS) is 10.4. The van der Waals surface area contributed by atoms with Crippen molar-refractivity contribution in [3.63, 3.8) is 0 Å². The molecule has 0 fully saturated rings. The van der Waals surface area contributed by atoms with Crippen LogP contribution in [0.2, 0.25) is 0 Å². The highest BCUT2D eigenvalue weighted by molar-refractivity contribution is 5.44. The lowest BCUT2D eigenvalue weighted by Crippen LogP contribution is -2.05. The lowest BCUT2D eigenvalue weighted by atomic mass is 10.2. The maximum atomic E-state index is 8.91. The molecule has 4 heteroatoms. The number of rotatable bonds is 4. The molecule has 84 valence electrons. The first kappa shape index (κ1) is 10.7. The van der Waals surface area contributed by atoms with Crippen molar-refractivity contribution in [3.8, 4) is 0 Å². The van der Waals surface area contributed by atoms with Crippen LogP contribution in [0.3, 0.4) is 0 Å². The SMILES string of the molecule is Cn1ccnc1CNc1ccc(CO)cc1. The fourth-order valence-electron chi connectivity index (χ4n) is 1.48. The van der Waals surface area contributed by atoms with E-state index in [4.69, 9.17) is 5.11 Å². The van der Waals surface area contributed by atoms with Crippen molar-refractivity contribution >= 4 is 5.69 Å². The molecule has 1 heterocycles. The standard InChI is InChI=1S/C12H15N3O/c1-15-7-6-13-12(15)8-14-11-4-2-10(9-16)3-5-11/h2-7,14,16H,8-9H2,1H3. The van der Waals surface area contributed by atoms with Crippen molar-refractivity contribution in [3.05, 3.63) is 48.0 Å². The number of imidazole rings is 1. The van der Waals surface area contributed by atoms with Crippen molar-refractivity contribution in [2.24, 2.45) is 7.05 Å². The zero-order valence-corrected chi connectivity index (χ0v) is 9.22. The molecule has 2 rings (SSSR count). The molecule has 0 saturated carbocycles. The topological polar surface area (TPSA) is 50.1 Å². The molecule has 0 aliphatic rings. The predicted octanol–water partition coefficient (Wildman–Crippen LogP) is 1.52. The molecule has 1 aromatic heterocycles. The lowest BCUT2D eigenvalue weighted by molar-refractivity contribution is 0.282. The molecule has 0 radical (unpaired) electrons. The van der Waals surface area contributed by atoms with Gasteiger partial charge in [0.1, 0.15) is 5.82 Å². The fraction of sp³-hybridized carbons (Fsp3) is 0.250. The molecular weight excluding hydrogens is 202 g/mol. The summed E-state index contributed by atoms with van der Waals surface area (Å²) in [5.74, 6) is 0.992. The second-order valence-electron chi connectivity index (χ2n) is 3.66. The van der Waals surface area contributed by atoms with Crippen LogP contribution in [0.5, 0.6) is 0 Å². The van der Waals surface area contributed by atoms with Gasteiger partial charge in [0.05, 0.1) is 13.2 Å². The predicted molar refractivity (Wildman–Crippen MR) is 62.9 cm³/mol. The summed E-state index contributed by atoms with van der Waals surface area (Å²) in [5, 5.41) is 12.2. The van der Waals surface area contributed by atoms with Crippen molar-refractivity contribution < 1.29 is 5.11 Å². The molecule has 2 N–H and O–H groups in total. The van der Waals surface area contributed by atoms with Crippen LogP contribution >= 0.6 is 0 Å². The summed E-state index contributed by atoms with van der Waals surface area (Å²) in [4.78, 5) is 4.23. The summed E-state index contributed by atoms with van der Waals surface area (Å²) in [6.07, 6.45) is 3.71. The summed E-state index contributed by atoms with van der Waals surface area (Å²) in [6.45, 7) is 0.779. The molecule has 0 atom stereocenters. The Morgan fingerprint density at radius 2 is 2.06 bits per heavy atom. The van der Waals surface area contributed by atoms with Gasteiger partial charge >= 0.3 is 0 Å². The Morgan fingerprint density at radius 1 is 1.31 bits per heavy atom. The lowest BCUT2D eigenvalue weighted by Gasteiger charge is -2.06. The number of hydrogen-bond acceptors (Lipinski definition) is 3. The van der Waals surface area contributed by atoms with E-state index in [1.807, 2.05) is 42.1 Å². The Labute approximate surface area is 94.6 Å². The fourth-order valence-corrected chi connectivity index (χ4v) is 1.48. The zero-order chi connectivity index (χ0) is 11.4. The van der Waals surface area contributed by atoms with Crippen molar-refractivity contribution in [1.82, 2.24) is 9.55 Å². The average molecular weight is 217 g/mol. The Morgan fingerprint density at radius 3 is 2.62 bits per heavy atom. The van der Waals surface area contributed by atoms with E-state index in [9.17, 15) is 0 Å². The van der Waals surface area contributed by atoms with Gasteiger partial charge in [-0.05, 0) is 17.7 Å². The Kier molecular flexibility index (Phi) is 3.22. The van der Waals surface area contributed by atoms with Gasteiger partial charge in [-0.1, -0.05) is 12.1 Å². The highest BCUT2D eigenvalue weighted by atomic mass is 16.3. The van der Waals surface area contributed by atoms with Gasteiger partial charge < -0.3 is 15.0 Å². The molecule has 0 saturated heterocycles. The van der Waals surface area contributed by atoms with E-state index in [0.717, 1.165) is 17.1 Å².